The predicted octanol–water partition coefficient (Wildman–Crippen LogP) is 16.6. The van der Waals surface area contributed by atoms with Crippen LogP contribution in [0.25, 0.3) is 0 Å². The lowest BCUT2D eigenvalue weighted by Crippen LogP contribution is -2.44. The van der Waals surface area contributed by atoms with Gasteiger partial charge in [-0.05, 0) is 70.6 Å². The van der Waals surface area contributed by atoms with E-state index < -0.39 is 24.3 Å². The molecule has 2 unspecified atom stereocenters. The van der Waals surface area contributed by atoms with Crippen LogP contribution in [0.5, 0.6) is 0 Å². The molecule has 0 N–H and O–H groups in total. The number of hydrogen-bond donors (Lipinski definition) is 0. The first-order chi connectivity index (χ1) is 36.1. The molecule has 426 valence electrons. The Morgan fingerprint density at radius 3 is 1.15 bits per heavy atom. The molecule has 0 aromatic rings. The summed E-state index contributed by atoms with van der Waals surface area (Å²) in [7, 11) is 5.92. The number of nitrogens with zero attached hydrogens (tertiary/aromatic N) is 1. The molecule has 0 aromatic heterocycles. The van der Waals surface area contributed by atoms with E-state index in [0.717, 1.165) is 83.5 Å². The summed E-state index contributed by atoms with van der Waals surface area (Å²) in [6, 6.07) is 0. The highest BCUT2D eigenvalue weighted by Crippen LogP contribution is 2.16. The minimum atomic E-state index is -1.62. The first-order valence-electron chi connectivity index (χ1n) is 30.2. The van der Waals surface area contributed by atoms with E-state index in [1.54, 1.807) is 0 Å². The van der Waals surface area contributed by atoms with Gasteiger partial charge in [0, 0.05) is 12.8 Å². The topological polar surface area (TPSA) is 111 Å². The summed E-state index contributed by atoms with van der Waals surface area (Å²) in [6.45, 7) is 4.64. The molecule has 0 bridgehead atoms. The van der Waals surface area contributed by atoms with Gasteiger partial charge in [0.2, 0.25) is 0 Å². The number of carboxylic acid groups (broad SMARTS) is 1. The maximum atomic E-state index is 12.9. The molecule has 0 fully saturated rings. The number of quaternary nitrogens is 1. The summed E-state index contributed by atoms with van der Waals surface area (Å²) in [4.78, 5) is 37.3. The Morgan fingerprint density at radius 2 is 0.770 bits per heavy atom. The molecule has 0 spiro atoms. The van der Waals surface area contributed by atoms with Gasteiger partial charge in [0.05, 0.1) is 40.3 Å². The van der Waals surface area contributed by atoms with E-state index in [1.165, 1.54) is 135 Å². The van der Waals surface area contributed by atoms with Crippen LogP contribution in [0.15, 0.2) is 85.1 Å². The van der Waals surface area contributed by atoms with Crippen molar-refractivity contribution in [1.29, 1.82) is 0 Å². The highest BCUT2D eigenvalue weighted by Gasteiger charge is 2.22. The lowest BCUT2D eigenvalue weighted by molar-refractivity contribution is -0.870. The largest absolute Gasteiger partial charge is 0.545 e. The average Bonchev–Trinajstić information content (AvgIpc) is 3.37. The first-order valence-corrected chi connectivity index (χ1v) is 30.2. The monoisotopic (exact) mass is 1040 g/mol. The molecule has 0 saturated heterocycles. The van der Waals surface area contributed by atoms with E-state index in [-0.39, 0.29) is 32.2 Å². The van der Waals surface area contributed by atoms with Crippen LogP contribution in [0, 0.1) is 0 Å². The maximum absolute atomic E-state index is 12.9. The molecule has 9 heteroatoms. The van der Waals surface area contributed by atoms with Crippen LogP contribution in [0.3, 0.4) is 0 Å². The summed E-state index contributed by atoms with van der Waals surface area (Å²) in [5, 5.41) is 11.8. The van der Waals surface area contributed by atoms with E-state index in [4.69, 9.17) is 18.9 Å². The number of rotatable bonds is 55. The third-order valence-electron chi connectivity index (χ3n) is 12.9. The summed E-state index contributed by atoms with van der Waals surface area (Å²) >= 11 is 0. The van der Waals surface area contributed by atoms with Crippen molar-refractivity contribution in [2.45, 2.75) is 264 Å². The molecule has 0 heterocycles. The Bertz CT molecular complexity index is 1490. The molecular weight excluding hydrogens is 923 g/mol. The number of carbonyl (C=O) groups excluding carboxylic acids is 3. The van der Waals surface area contributed by atoms with Gasteiger partial charge < -0.3 is 33.3 Å². The maximum Gasteiger partial charge on any atom is 0.306 e. The van der Waals surface area contributed by atoms with Crippen molar-refractivity contribution in [3.05, 3.63) is 85.1 Å². The molecule has 0 aromatic carbocycles. The van der Waals surface area contributed by atoms with Gasteiger partial charge in [0.25, 0.3) is 0 Å². The Hall–Kier alpha value is -3.53. The van der Waals surface area contributed by atoms with Crippen LogP contribution < -0.4 is 5.11 Å². The molecule has 2 atom stereocenters. The minimum Gasteiger partial charge on any atom is -0.545 e. The lowest BCUT2D eigenvalue weighted by Gasteiger charge is -2.26. The molecule has 0 amide bonds. The number of unbranched alkanes of at least 4 members (excludes halogenated alkanes) is 26. The number of esters is 2. The van der Waals surface area contributed by atoms with Crippen molar-refractivity contribution < 1.29 is 42.9 Å². The van der Waals surface area contributed by atoms with E-state index >= 15 is 0 Å². The first kappa shape index (κ1) is 70.5. The quantitative estimate of drug-likeness (QED) is 0.0195. The summed E-state index contributed by atoms with van der Waals surface area (Å²) in [5.74, 6) is -2.28. The van der Waals surface area contributed by atoms with Crippen molar-refractivity contribution in [1.82, 2.24) is 0 Å². The van der Waals surface area contributed by atoms with Gasteiger partial charge in [-0.1, -0.05) is 253 Å². The molecular formula is C65H113NO8. The van der Waals surface area contributed by atoms with E-state index in [1.807, 2.05) is 21.1 Å². The van der Waals surface area contributed by atoms with Gasteiger partial charge in [-0.15, -0.1) is 0 Å². The zero-order valence-electron chi connectivity index (χ0n) is 48.4. The summed E-state index contributed by atoms with van der Waals surface area (Å²) in [6.07, 6.45) is 70.7. The molecule has 0 radical (unpaired) electrons. The zero-order valence-corrected chi connectivity index (χ0v) is 48.4. The lowest BCUT2D eigenvalue weighted by atomic mass is 10.0. The molecule has 0 aliphatic heterocycles. The fourth-order valence-corrected chi connectivity index (χ4v) is 8.28. The fraction of sp³-hybridized carbons (Fsp3) is 0.738. The van der Waals surface area contributed by atoms with Gasteiger partial charge in [-0.2, -0.15) is 0 Å². The van der Waals surface area contributed by atoms with E-state index in [9.17, 15) is 19.5 Å². The van der Waals surface area contributed by atoms with Gasteiger partial charge in [0.15, 0.2) is 12.4 Å². The number of allylic oxidation sites excluding steroid dienone is 14. The Balaban J connectivity index is 4.12. The number of carbonyl (C=O) groups is 3. The second-order valence-corrected chi connectivity index (χ2v) is 21.3. The van der Waals surface area contributed by atoms with Crippen molar-refractivity contribution in [3.8, 4) is 0 Å². The zero-order chi connectivity index (χ0) is 54.1. The van der Waals surface area contributed by atoms with Crippen molar-refractivity contribution in [3.63, 3.8) is 0 Å². The minimum absolute atomic E-state index is 0.146. The third kappa shape index (κ3) is 56.2. The van der Waals surface area contributed by atoms with Crippen LogP contribution in [-0.4, -0.2) is 82.3 Å². The van der Waals surface area contributed by atoms with Crippen LogP contribution in [0.4, 0.5) is 0 Å². The van der Waals surface area contributed by atoms with Gasteiger partial charge in [-0.25, -0.2) is 0 Å². The predicted molar refractivity (Wildman–Crippen MR) is 311 cm³/mol. The highest BCUT2D eigenvalue weighted by molar-refractivity contribution is 5.70. The highest BCUT2D eigenvalue weighted by atomic mass is 16.7. The van der Waals surface area contributed by atoms with Crippen molar-refractivity contribution in [2.75, 3.05) is 47.5 Å². The van der Waals surface area contributed by atoms with Gasteiger partial charge >= 0.3 is 11.9 Å². The summed E-state index contributed by atoms with van der Waals surface area (Å²) in [5.41, 5.74) is 0. The number of carboxylic acids is 1. The standard InChI is InChI=1S/C65H113NO8/c1-6-8-10-12-14-16-18-20-22-23-24-25-26-27-28-29-30-31-32-33-34-35-36-37-38-39-40-41-42-44-46-48-50-52-54-56-63(68)74-61(60-73-65(64(69)70)71-58-57-66(3,4)5)59-72-62(67)55-53-51-49-47-45-43-21-19-17-15-13-11-9-7-2/h8,10,14,16,20,22,24-25,27-28,30-31,33-34,61,65H,6-7,9,11-13,15,17-19,21,23,26,29,32,35-60H2,1-5H3/b10-8-,16-14-,22-20-,25-24-,28-27-,31-30-,34-33-. The van der Waals surface area contributed by atoms with Crippen molar-refractivity contribution in [2.24, 2.45) is 0 Å². The third-order valence-corrected chi connectivity index (χ3v) is 12.9. The van der Waals surface area contributed by atoms with Crippen LogP contribution >= 0.6 is 0 Å². The Labute approximate surface area is 455 Å². The number of hydrogen-bond acceptors (Lipinski definition) is 8. The van der Waals surface area contributed by atoms with Crippen molar-refractivity contribution >= 4 is 17.9 Å². The van der Waals surface area contributed by atoms with E-state index in [0.29, 0.717) is 23.9 Å². The second kappa shape index (κ2) is 55.7. The Kier molecular flexibility index (Phi) is 53.0. The molecule has 0 rings (SSSR count). The number of ether oxygens (including phenoxy) is 4. The normalized spacial score (nSPS) is 13.4. The Morgan fingerprint density at radius 1 is 0.419 bits per heavy atom. The SMILES string of the molecule is CC/C=C\C/C=C\C/C=C\C/C=C\C/C=C\C/C=C\C/C=C\CCCCCCCCCCCCCCCC(=O)OC(COC(=O)CCCCCCCCCCCCCCCC)COC(OCC[N+](C)(C)C)C(=O)[O-]. The van der Waals surface area contributed by atoms with E-state index in [2.05, 4.69) is 98.9 Å². The second-order valence-electron chi connectivity index (χ2n) is 21.3. The van der Waals surface area contributed by atoms with Gasteiger partial charge in [0.1, 0.15) is 13.2 Å². The van der Waals surface area contributed by atoms with Crippen LogP contribution in [0.2, 0.25) is 0 Å². The van der Waals surface area contributed by atoms with Gasteiger partial charge in [-0.3, -0.25) is 9.59 Å². The average molecular weight is 1040 g/mol. The molecule has 0 saturated carbocycles. The molecule has 74 heavy (non-hydrogen) atoms. The molecule has 9 nitrogen and oxygen atoms in total. The molecule has 0 aliphatic rings. The smallest absolute Gasteiger partial charge is 0.306 e. The van der Waals surface area contributed by atoms with Crippen LogP contribution in [-0.2, 0) is 33.3 Å². The summed E-state index contributed by atoms with van der Waals surface area (Å²) < 4.78 is 22.7. The fourth-order valence-electron chi connectivity index (χ4n) is 8.28. The number of aliphatic carboxylic acids is 1. The number of likely N-dealkylation sites (N-methyl/N-ethyl adjacent to an activating group) is 1. The van der Waals surface area contributed by atoms with Crippen LogP contribution in [0.1, 0.15) is 251 Å². The molecule has 0 aliphatic carbocycles.